The summed E-state index contributed by atoms with van der Waals surface area (Å²) in [5, 5.41) is 2.82. The molecule has 2 aromatic rings. The van der Waals surface area contributed by atoms with Crippen molar-refractivity contribution in [3.63, 3.8) is 0 Å². The Hall–Kier alpha value is -2.16. The van der Waals surface area contributed by atoms with Crippen LogP contribution in [-0.4, -0.2) is 10.9 Å². The van der Waals surface area contributed by atoms with Crippen molar-refractivity contribution < 1.29 is 4.79 Å². The van der Waals surface area contributed by atoms with Crippen molar-refractivity contribution in [2.45, 2.75) is 26.2 Å². The first kappa shape index (κ1) is 13.3. The van der Waals surface area contributed by atoms with Gasteiger partial charge < -0.3 is 5.32 Å². The molecule has 0 saturated heterocycles. The summed E-state index contributed by atoms with van der Waals surface area (Å²) in [5.41, 5.74) is 2.17. The topological polar surface area (TPSA) is 42.0 Å². The fraction of sp³-hybridized carbons (Fsp3) is 0.250. The third-order valence-electron chi connectivity index (χ3n) is 2.87. The highest BCUT2D eigenvalue weighted by atomic mass is 16.1. The number of rotatable bonds is 5. The first-order valence-corrected chi connectivity index (χ1v) is 6.51. The van der Waals surface area contributed by atoms with Crippen LogP contribution in [0.1, 0.15) is 24.1 Å². The van der Waals surface area contributed by atoms with Gasteiger partial charge in [0.25, 0.3) is 0 Å². The third-order valence-corrected chi connectivity index (χ3v) is 2.87. The first-order valence-electron chi connectivity index (χ1n) is 6.51. The summed E-state index contributed by atoms with van der Waals surface area (Å²) in [7, 11) is 0. The molecule has 2 rings (SSSR count). The van der Waals surface area contributed by atoms with E-state index in [-0.39, 0.29) is 5.91 Å². The lowest BCUT2D eigenvalue weighted by molar-refractivity contribution is -0.116. The molecule has 0 spiro atoms. The molecule has 0 atom stereocenters. The van der Waals surface area contributed by atoms with Gasteiger partial charge in [0.2, 0.25) is 5.91 Å². The number of pyridine rings is 1. The van der Waals surface area contributed by atoms with E-state index in [2.05, 4.69) is 22.4 Å². The SMILES string of the molecule is Cc1cccc(NC(=O)CCCc2ccccc2)n1. The quantitative estimate of drug-likeness (QED) is 0.889. The zero-order chi connectivity index (χ0) is 13.5. The molecular weight excluding hydrogens is 236 g/mol. The second-order valence-corrected chi connectivity index (χ2v) is 4.55. The molecule has 1 heterocycles. The third kappa shape index (κ3) is 4.54. The highest BCUT2D eigenvalue weighted by Gasteiger charge is 2.03. The molecule has 98 valence electrons. The molecule has 1 N–H and O–H groups in total. The molecular formula is C16H18N2O. The highest BCUT2D eigenvalue weighted by Crippen LogP contribution is 2.07. The van der Waals surface area contributed by atoms with Crippen LogP contribution in [0.3, 0.4) is 0 Å². The molecule has 3 heteroatoms. The smallest absolute Gasteiger partial charge is 0.225 e. The van der Waals surface area contributed by atoms with E-state index in [0.717, 1.165) is 18.5 Å². The predicted molar refractivity (Wildman–Crippen MR) is 77.0 cm³/mol. The van der Waals surface area contributed by atoms with Gasteiger partial charge in [0, 0.05) is 12.1 Å². The average molecular weight is 254 g/mol. The van der Waals surface area contributed by atoms with Gasteiger partial charge in [-0.25, -0.2) is 4.98 Å². The maximum atomic E-state index is 11.8. The van der Waals surface area contributed by atoms with Crippen LogP contribution in [0.25, 0.3) is 0 Å². The largest absolute Gasteiger partial charge is 0.311 e. The van der Waals surface area contributed by atoms with E-state index in [1.165, 1.54) is 5.56 Å². The summed E-state index contributed by atoms with van der Waals surface area (Å²) in [5.74, 6) is 0.652. The van der Waals surface area contributed by atoms with Crippen molar-refractivity contribution >= 4 is 11.7 Å². The van der Waals surface area contributed by atoms with E-state index in [1.54, 1.807) is 0 Å². The van der Waals surface area contributed by atoms with E-state index in [4.69, 9.17) is 0 Å². The number of benzene rings is 1. The summed E-state index contributed by atoms with van der Waals surface area (Å²) < 4.78 is 0. The Morgan fingerprint density at radius 2 is 1.89 bits per heavy atom. The number of hydrogen-bond acceptors (Lipinski definition) is 2. The van der Waals surface area contributed by atoms with Crippen molar-refractivity contribution in [2.75, 3.05) is 5.32 Å². The number of carbonyl (C=O) groups excluding carboxylic acids is 1. The van der Waals surface area contributed by atoms with Gasteiger partial charge in [0.1, 0.15) is 5.82 Å². The second-order valence-electron chi connectivity index (χ2n) is 4.55. The molecule has 19 heavy (non-hydrogen) atoms. The Morgan fingerprint density at radius 3 is 2.63 bits per heavy atom. The van der Waals surface area contributed by atoms with Gasteiger partial charge in [-0.1, -0.05) is 36.4 Å². The number of aromatic nitrogens is 1. The molecule has 3 nitrogen and oxygen atoms in total. The molecule has 0 aliphatic rings. The minimum absolute atomic E-state index is 0.0223. The number of aryl methyl sites for hydroxylation is 2. The van der Waals surface area contributed by atoms with Crippen LogP contribution in [0, 0.1) is 6.92 Å². The number of carbonyl (C=O) groups is 1. The van der Waals surface area contributed by atoms with Crippen LogP contribution in [0.4, 0.5) is 5.82 Å². The summed E-state index contributed by atoms with van der Waals surface area (Å²) in [6.07, 6.45) is 2.29. The summed E-state index contributed by atoms with van der Waals surface area (Å²) in [6.45, 7) is 1.91. The van der Waals surface area contributed by atoms with Gasteiger partial charge in [0.15, 0.2) is 0 Å². The van der Waals surface area contributed by atoms with Gasteiger partial charge >= 0.3 is 0 Å². The first-order chi connectivity index (χ1) is 9.24. The van der Waals surface area contributed by atoms with Crippen LogP contribution >= 0.6 is 0 Å². The standard InChI is InChI=1S/C16H18N2O/c1-13-7-5-11-15(17-13)18-16(19)12-6-10-14-8-3-2-4-9-14/h2-5,7-9,11H,6,10,12H2,1H3,(H,17,18,19). The molecule has 0 aliphatic carbocycles. The molecule has 0 aliphatic heterocycles. The Bertz CT molecular complexity index is 537. The van der Waals surface area contributed by atoms with Crippen LogP contribution in [-0.2, 0) is 11.2 Å². The Balaban J connectivity index is 1.76. The van der Waals surface area contributed by atoms with Crippen molar-refractivity contribution in [2.24, 2.45) is 0 Å². The number of nitrogens with one attached hydrogen (secondary N) is 1. The van der Waals surface area contributed by atoms with E-state index in [9.17, 15) is 4.79 Å². The highest BCUT2D eigenvalue weighted by molar-refractivity contribution is 5.89. The molecule has 0 radical (unpaired) electrons. The van der Waals surface area contributed by atoms with Crippen LogP contribution in [0.5, 0.6) is 0 Å². The van der Waals surface area contributed by atoms with E-state index >= 15 is 0 Å². The Labute approximate surface area is 113 Å². The van der Waals surface area contributed by atoms with Crippen molar-refractivity contribution in [3.05, 3.63) is 59.8 Å². The number of amides is 1. The lowest BCUT2D eigenvalue weighted by Crippen LogP contribution is -2.12. The maximum absolute atomic E-state index is 11.8. The number of nitrogens with zero attached hydrogens (tertiary/aromatic N) is 1. The molecule has 1 aromatic carbocycles. The summed E-state index contributed by atoms with van der Waals surface area (Å²) in [6, 6.07) is 15.8. The Morgan fingerprint density at radius 1 is 1.11 bits per heavy atom. The van der Waals surface area contributed by atoms with Gasteiger partial charge in [-0.2, -0.15) is 0 Å². The summed E-state index contributed by atoms with van der Waals surface area (Å²) in [4.78, 5) is 16.0. The van der Waals surface area contributed by atoms with E-state index in [0.29, 0.717) is 12.2 Å². The van der Waals surface area contributed by atoms with Crippen molar-refractivity contribution in [1.29, 1.82) is 0 Å². The maximum Gasteiger partial charge on any atom is 0.225 e. The minimum Gasteiger partial charge on any atom is -0.311 e. The van der Waals surface area contributed by atoms with Gasteiger partial charge in [-0.3, -0.25) is 4.79 Å². The van der Waals surface area contributed by atoms with Crippen LogP contribution in [0.15, 0.2) is 48.5 Å². The Kier molecular flexibility index (Phi) is 4.67. The fourth-order valence-electron chi connectivity index (χ4n) is 1.92. The molecule has 1 aromatic heterocycles. The lowest BCUT2D eigenvalue weighted by Gasteiger charge is -2.05. The van der Waals surface area contributed by atoms with Crippen molar-refractivity contribution in [1.82, 2.24) is 4.98 Å². The molecule has 0 bridgehead atoms. The van der Waals surface area contributed by atoms with Gasteiger partial charge in [0.05, 0.1) is 0 Å². The average Bonchev–Trinajstić information content (AvgIpc) is 2.40. The lowest BCUT2D eigenvalue weighted by atomic mass is 10.1. The molecule has 1 amide bonds. The zero-order valence-corrected chi connectivity index (χ0v) is 11.1. The molecule has 0 saturated carbocycles. The second kappa shape index (κ2) is 6.69. The monoisotopic (exact) mass is 254 g/mol. The fourth-order valence-corrected chi connectivity index (χ4v) is 1.92. The van der Waals surface area contributed by atoms with E-state index in [1.807, 2.05) is 43.3 Å². The van der Waals surface area contributed by atoms with Gasteiger partial charge in [-0.05, 0) is 37.5 Å². The van der Waals surface area contributed by atoms with Crippen LogP contribution < -0.4 is 5.32 Å². The molecule has 0 fully saturated rings. The minimum atomic E-state index is 0.0223. The summed E-state index contributed by atoms with van der Waals surface area (Å²) >= 11 is 0. The molecule has 0 unspecified atom stereocenters. The predicted octanol–water partition coefficient (Wildman–Crippen LogP) is 3.35. The number of anilines is 1. The van der Waals surface area contributed by atoms with E-state index < -0.39 is 0 Å². The van der Waals surface area contributed by atoms with Crippen molar-refractivity contribution in [3.8, 4) is 0 Å². The number of hydrogen-bond donors (Lipinski definition) is 1. The normalized spacial score (nSPS) is 10.2. The zero-order valence-electron chi connectivity index (χ0n) is 11.1. The van der Waals surface area contributed by atoms with Crippen LogP contribution in [0.2, 0.25) is 0 Å². The van der Waals surface area contributed by atoms with Gasteiger partial charge in [-0.15, -0.1) is 0 Å².